The highest BCUT2D eigenvalue weighted by Crippen LogP contribution is 2.22. The van der Waals surface area contributed by atoms with Gasteiger partial charge >= 0.3 is 0 Å². The lowest BCUT2D eigenvalue weighted by Gasteiger charge is -2.14. The van der Waals surface area contributed by atoms with Gasteiger partial charge in [-0.25, -0.2) is 0 Å². The maximum absolute atomic E-state index is 10.4. The van der Waals surface area contributed by atoms with Gasteiger partial charge in [-0.3, -0.25) is 0 Å². The zero-order valence-electron chi connectivity index (χ0n) is 11.7. The number of aromatic nitrogens is 2. The molecule has 0 amide bonds. The van der Waals surface area contributed by atoms with Crippen molar-refractivity contribution in [1.29, 1.82) is 0 Å². The first-order valence-corrected chi connectivity index (χ1v) is 6.67. The Labute approximate surface area is 114 Å². The fourth-order valence-corrected chi connectivity index (χ4v) is 2.27. The molecule has 1 atom stereocenters. The summed E-state index contributed by atoms with van der Waals surface area (Å²) in [5.41, 5.74) is 4.98. The number of hydrogen-bond acceptors (Lipinski definition) is 3. The van der Waals surface area contributed by atoms with Crippen LogP contribution in [-0.4, -0.2) is 15.3 Å². The first-order chi connectivity index (χ1) is 9.10. The third-order valence-corrected chi connectivity index (χ3v) is 3.23. The summed E-state index contributed by atoms with van der Waals surface area (Å²) in [5.74, 6) is 0. The van der Waals surface area contributed by atoms with Crippen molar-refractivity contribution in [2.24, 2.45) is 0 Å². The minimum atomic E-state index is -0.522. The number of aliphatic hydroxyl groups is 1. The summed E-state index contributed by atoms with van der Waals surface area (Å²) in [6, 6.07) is 10.2. The molecule has 0 saturated carbocycles. The molecule has 1 aromatic carbocycles. The second-order valence-corrected chi connectivity index (χ2v) is 4.95. The van der Waals surface area contributed by atoms with Gasteiger partial charge in [-0.2, -0.15) is 10.2 Å². The van der Waals surface area contributed by atoms with Crippen molar-refractivity contribution in [3.63, 3.8) is 0 Å². The summed E-state index contributed by atoms with van der Waals surface area (Å²) in [5, 5.41) is 18.7. The van der Waals surface area contributed by atoms with Gasteiger partial charge in [0.2, 0.25) is 0 Å². The van der Waals surface area contributed by atoms with E-state index in [2.05, 4.69) is 29.3 Å². The monoisotopic (exact) mass is 256 g/mol. The molecule has 2 rings (SSSR count). The molecule has 3 heteroatoms. The number of nitrogens with zero attached hydrogens (tertiary/aromatic N) is 2. The maximum atomic E-state index is 10.4. The van der Waals surface area contributed by atoms with Crippen molar-refractivity contribution in [3.8, 4) is 0 Å². The van der Waals surface area contributed by atoms with Crippen LogP contribution in [0.15, 0.2) is 30.3 Å². The summed E-state index contributed by atoms with van der Waals surface area (Å²) >= 11 is 0. The van der Waals surface area contributed by atoms with E-state index in [0.29, 0.717) is 6.42 Å². The number of benzene rings is 1. The molecule has 1 heterocycles. The first-order valence-electron chi connectivity index (χ1n) is 6.67. The highest BCUT2D eigenvalue weighted by molar-refractivity contribution is 5.28. The predicted octanol–water partition coefficient (Wildman–Crippen LogP) is 2.93. The SMILES string of the molecule is CCc1nnc(C)cc1C(O)Cc1cccc(C)c1. The highest BCUT2D eigenvalue weighted by Gasteiger charge is 2.14. The fraction of sp³-hybridized carbons (Fsp3) is 0.375. The number of rotatable bonds is 4. The van der Waals surface area contributed by atoms with E-state index >= 15 is 0 Å². The van der Waals surface area contributed by atoms with Crippen molar-refractivity contribution >= 4 is 0 Å². The van der Waals surface area contributed by atoms with E-state index in [9.17, 15) is 5.11 Å². The lowest BCUT2D eigenvalue weighted by Crippen LogP contribution is -2.09. The Morgan fingerprint density at radius 2 is 1.95 bits per heavy atom. The van der Waals surface area contributed by atoms with Gasteiger partial charge in [0.25, 0.3) is 0 Å². The van der Waals surface area contributed by atoms with Crippen molar-refractivity contribution in [3.05, 3.63) is 58.4 Å². The van der Waals surface area contributed by atoms with E-state index in [1.807, 2.05) is 32.0 Å². The molecule has 100 valence electrons. The Bertz CT molecular complexity index is 566. The van der Waals surface area contributed by atoms with E-state index in [4.69, 9.17) is 0 Å². The van der Waals surface area contributed by atoms with Crippen LogP contribution in [0.2, 0.25) is 0 Å². The van der Waals surface area contributed by atoms with Crippen molar-refractivity contribution in [2.75, 3.05) is 0 Å². The van der Waals surface area contributed by atoms with Crippen LogP contribution in [0.1, 0.15) is 41.1 Å². The molecule has 0 aliphatic rings. The largest absolute Gasteiger partial charge is 0.388 e. The van der Waals surface area contributed by atoms with E-state index in [0.717, 1.165) is 28.9 Å². The van der Waals surface area contributed by atoms with Crippen molar-refractivity contribution < 1.29 is 5.11 Å². The minimum absolute atomic E-state index is 0.522. The normalized spacial score (nSPS) is 12.4. The lowest BCUT2D eigenvalue weighted by molar-refractivity contribution is 0.176. The van der Waals surface area contributed by atoms with Crippen molar-refractivity contribution in [2.45, 2.75) is 39.7 Å². The molecule has 0 aliphatic carbocycles. The van der Waals surface area contributed by atoms with Gasteiger partial charge < -0.3 is 5.11 Å². The Balaban J connectivity index is 2.24. The lowest BCUT2D eigenvalue weighted by atomic mass is 9.98. The quantitative estimate of drug-likeness (QED) is 0.914. The maximum Gasteiger partial charge on any atom is 0.0849 e. The average molecular weight is 256 g/mol. The van der Waals surface area contributed by atoms with Gasteiger partial charge in [-0.05, 0) is 31.9 Å². The molecule has 0 spiro atoms. The summed E-state index contributed by atoms with van der Waals surface area (Å²) in [6.07, 6.45) is 0.874. The minimum Gasteiger partial charge on any atom is -0.388 e. The number of aryl methyl sites for hydroxylation is 3. The molecule has 19 heavy (non-hydrogen) atoms. The Morgan fingerprint density at radius 1 is 1.16 bits per heavy atom. The average Bonchev–Trinajstić information content (AvgIpc) is 2.38. The Hall–Kier alpha value is -1.74. The third-order valence-electron chi connectivity index (χ3n) is 3.23. The first kappa shape index (κ1) is 13.7. The van der Waals surface area contributed by atoms with E-state index in [-0.39, 0.29) is 0 Å². The van der Waals surface area contributed by atoms with Gasteiger partial charge in [-0.15, -0.1) is 0 Å². The number of hydrogen-bond donors (Lipinski definition) is 1. The highest BCUT2D eigenvalue weighted by atomic mass is 16.3. The zero-order valence-corrected chi connectivity index (χ0v) is 11.7. The summed E-state index contributed by atoms with van der Waals surface area (Å²) in [6.45, 7) is 5.99. The smallest absolute Gasteiger partial charge is 0.0849 e. The van der Waals surface area contributed by atoms with Crippen LogP contribution in [0.3, 0.4) is 0 Å². The molecule has 2 aromatic rings. The predicted molar refractivity (Wildman–Crippen MR) is 76.0 cm³/mol. The number of aliphatic hydroxyl groups excluding tert-OH is 1. The molecule has 0 radical (unpaired) electrons. The topological polar surface area (TPSA) is 46.0 Å². The Morgan fingerprint density at radius 3 is 2.63 bits per heavy atom. The molecule has 1 unspecified atom stereocenters. The molecule has 0 fully saturated rings. The molecule has 1 aromatic heterocycles. The summed E-state index contributed by atoms with van der Waals surface area (Å²) in [4.78, 5) is 0. The third kappa shape index (κ3) is 3.38. The molecular formula is C16H20N2O. The standard InChI is InChI=1S/C16H20N2O/c1-4-15-14(9-12(3)17-18-15)16(19)10-13-7-5-6-11(2)8-13/h5-9,16,19H,4,10H2,1-3H3. The zero-order chi connectivity index (χ0) is 13.8. The van der Waals surface area contributed by atoms with Gasteiger partial charge in [0, 0.05) is 12.0 Å². The summed E-state index contributed by atoms with van der Waals surface area (Å²) in [7, 11) is 0. The van der Waals surface area contributed by atoms with Crippen LogP contribution < -0.4 is 0 Å². The van der Waals surface area contributed by atoms with Crippen LogP contribution in [0, 0.1) is 13.8 Å². The van der Waals surface area contributed by atoms with E-state index in [1.165, 1.54) is 5.56 Å². The van der Waals surface area contributed by atoms with Crippen LogP contribution in [0.4, 0.5) is 0 Å². The molecule has 0 saturated heterocycles. The van der Waals surface area contributed by atoms with E-state index in [1.54, 1.807) is 0 Å². The van der Waals surface area contributed by atoms with Gasteiger partial charge in [0.05, 0.1) is 17.5 Å². The van der Waals surface area contributed by atoms with Crippen molar-refractivity contribution in [1.82, 2.24) is 10.2 Å². The van der Waals surface area contributed by atoms with Gasteiger partial charge in [-0.1, -0.05) is 36.8 Å². The molecule has 0 aliphatic heterocycles. The van der Waals surface area contributed by atoms with Crippen LogP contribution in [0.5, 0.6) is 0 Å². The summed E-state index contributed by atoms with van der Waals surface area (Å²) < 4.78 is 0. The van der Waals surface area contributed by atoms with E-state index < -0.39 is 6.10 Å². The van der Waals surface area contributed by atoms with Crippen LogP contribution >= 0.6 is 0 Å². The second-order valence-electron chi connectivity index (χ2n) is 4.95. The molecule has 1 N–H and O–H groups in total. The molecule has 3 nitrogen and oxygen atoms in total. The Kier molecular flexibility index (Phi) is 4.27. The molecular weight excluding hydrogens is 236 g/mol. The van der Waals surface area contributed by atoms with Crippen LogP contribution in [0.25, 0.3) is 0 Å². The van der Waals surface area contributed by atoms with Gasteiger partial charge in [0.15, 0.2) is 0 Å². The van der Waals surface area contributed by atoms with Gasteiger partial charge in [0.1, 0.15) is 0 Å². The fourth-order valence-electron chi connectivity index (χ4n) is 2.27. The molecule has 0 bridgehead atoms. The second kappa shape index (κ2) is 5.93. The van der Waals surface area contributed by atoms with Crippen LogP contribution in [-0.2, 0) is 12.8 Å².